The van der Waals surface area contributed by atoms with Gasteiger partial charge in [-0.1, -0.05) is 11.8 Å². The zero-order valence-corrected chi connectivity index (χ0v) is 15.9. The lowest BCUT2D eigenvalue weighted by atomic mass is 9.95. The Morgan fingerprint density at radius 2 is 1.88 bits per heavy atom. The molecule has 1 amide bonds. The Balaban J connectivity index is 1.48. The second-order valence-electron chi connectivity index (χ2n) is 7.57. The molecule has 0 radical (unpaired) electrons. The number of aromatic nitrogens is 3. The van der Waals surface area contributed by atoms with Gasteiger partial charge in [-0.25, -0.2) is 9.97 Å². The Hall–Kier alpha value is -1.82. The van der Waals surface area contributed by atoms with Gasteiger partial charge in [-0.15, -0.1) is 0 Å². The van der Waals surface area contributed by atoms with E-state index in [2.05, 4.69) is 40.6 Å². The maximum atomic E-state index is 12.5. The molecule has 1 fully saturated rings. The molecule has 1 N–H and O–H groups in total. The minimum absolute atomic E-state index is 0.00662. The van der Waals surface area contributed by atoms with E-state index in [0.717, 1.165) is 36.4 Å². The van der Waals surface area contributed by atoms with Gasteiger partial charge < -0.3 is 9.88 Å². The fourth-order valence-electron chi connectivity index (χ4n) is 3.04. The topological polar surface area (TPSA) is 59.8 Å². The minimum Gasteiger partial charge on any atom is -0.349 e. The van der Waals surface area contributed by atoms with E-state index < -0.39 is 0 Å². The smallest absolute Gasteiger partial charge is 0.253 e. The van der Waals surface area contributed by atoms with Crippen molar-refractivity contribution in [2.45, 2.75) is 68.4 Å². The number of amides is 1. The average molecular weight is 359 g/mol. The summed E-state index contributed by atoms with van der Waals surface area (Å²) in [5, 5.41) is 4.58. The van der Waals surface area contributed by atoms with Gasteiger partial charge in [0.05, 0.1) is 5.56 Å². The molecule has 0 spiro atoms. The number of hydrogen-bond acceptors (Lipinski definition) is 4. The van der Waals surface area contributed by atoms with E-state index in [4.69, 9.17) is 0 Å². The first kappa shape index (κ1) is 18.0. The summed E-state index contributed by atoms with van der Waals surface area (Å²) in [6.07, 6.45) is 11.7. The van der Waals surface area contributed by atoms with E-state index in [0.29, 0.717) is 5.25 Å². The number of thioether (sulfide) groups is 1. The molecule has 0 atom stereocenters. The Morgan fingerprint density at radius 3 is 2.48 bits per heavy atom. The summed E-state index contributed by atoms with van der Waals surface area (Å²) in [6.45, 7) is 6.39. The molecule has 0 saturated heterocycles. The number of carbonyl (C=O) groups excluding carboxylic acids is 1. The number of nitrogens with one attached hydrogen (secondary N) is 1. The molecule has 134 valence electrons. The molecular weight excluding hydrogens is 332 g/mol. The van der Waals surface area contributed by atoms with Crippen LogP contribution in [0.15, 0.2) is 42.1 Å². The predicted octanol–water partition coefficient (Wildman–Crippen LogP) is 3.87. The second kappa shape index (κ2) is 7.60. The molecule has 5 nitrogen and oxygen atoms in total. The van der Waals surface area contributed by atoms with Crippen LogP contribution in [0.3, 0.4) is 0 Å². The number of carbonyl (C=O) groups is 1. The third-order valence-electron chi connectivity index (χ3n) is 4.55. The van der Waals surface area contributed by atoms with Crippen LogP contribution in [0, 0.1) is 0 Å². The van der Waals surface area contributed by atoms with E-state index >= 15 is 0 Å². The number of rotatable bonds is 4. The van der Waals surface area contributed by atoms with Crippen molar-refractivity contribution in [3.8, 4) is 0 Å². The predicted molar refractivity (Wildman–Crippen MR) is 101 cm³/mol. The van der Waals surface area contributed by atoms with Gasteiger partial charge in [-0.2, -0.15) is 0 Å². The summed E-state index contributed by atoms with van der Waals surface area (Å²) in [6, 6.07) is 4.00. The molecule has 1 saturated carbocycles. The van der Waals surface area contributed by atoms with Gasteiger partial charge in [-0.3, -0.25) is 4.79 Å². The van der Waals surface area contributed by atoms with Crippen molar-refractivity contribution < 1.29 is 4.79 Å². The van der Waals surface area contributed by atoms with Crippen molar-refractivity contribution in [3.05, 3.63) is 42.5 Å². The third kappa shape index (κ3) is 4.84. The maximum absolute atomic E-state index is 12.5. The highest BCUT2D eigenvalue weighted by Gasteiger charge is 2.24. The standard InChI is InChI=1S/C19H26N4OS/c1-19(2,3)23-12-9-14(13-23)17(24)22-15-5-7-16(8-6-15)25-18-20-10-4-11-21-18/h4,9-13,15-16H,5-8H2,1-3H3,(H,22,24). The van der Waals surface area contributed by atoms with Gasteiger partial charge in [0.2, 0.25) is 0 Å². The Morgan fingerprint density at radius 1 is 1.20 bits per heavy atom. The van der Waals surface area contributed by atoms with Crippen LogP contribution in [0.4, 0.5) is 0 Å². The van der Waals surface area contributed by atoms with Gasteiger partial charge in [0.1, 0.15) is 0 Å². The molecule has 25 heavy (non-hydrogen) atoms. The van der Waals surface area contributed by atoms with Crippen LogP contribution >= 0.6 is 11.8 Å². The van der Waals surface area contributed by atoms with E-state index in [-0.39, 0.29) is 17.5 Å². The van der Waals surface area contributed by atoms with Gasteiger partial charge in [0.25, 0.3) is 5.91 Å². The molecule has 0 bridgehead atoms. The highest BCUT2D eigenvalue weighted by atomic mass is 32.2. The molecule has 0 unspecified atom stereocenters. The summed E-state index contributed by atoms with van der Waals surface area (Å²) in [5.74, 6) is 0.0329. The van der Waals surface area contributed by atoms with Crippen LogP contribution < -0.4 is 5.32 Å². The molecule has 2 aromatic heterocycles. The Kier molecular flexibility index (Phi) is 5.47. The van der Waals surface area contributed by atoms with E-state index in [9.17, 15) is 4.79 Å². The lowest BCUT2D eigenvalue weighted by Gasteiger charge is -2.28. The zero-order valence-electron chi connectivity index (χ0n) is 15.1. The van der Waals surface area contributed by atoms with Gasteiger partial charge in [-0.05, 0) is 58.6 Å². The molecule has 0 aromatic carbocycles. The zero-order chi connectivity index (χ0) is 17.9. The molecule has 0 aliphatic heterocycles. The van der Waals surface area contributed by atoms with Gasteiger partial charge in [0, 0.05) is 41.6 Å². The van der Waals surface area contributed by atoms with E-state index in [1.165, 1.54) is 0 Å². The fraction of sp³-hybridized carbons (Fsp3) is 0.526. The molecule has 2 aromatic rings. The van der Waals surface area contributed by atoms with Crippen molar-refractivity contribution in [2.24, 2.45) is 0 Å². The Labute approximate surface area is 153 Å². The first-order valence-corrected chi connectivity index (χ1v) is 9.73. The van der Waals surface area contributed by atoms with E-state index in [1.54, 1.807) is 24.2 Å². The van der Waals surface area contributed by atoms with Crippen molar-refractivity contribution in [1.82, 2.24) is 19.9 Å². The van der Waals surface area contributed by atoms with Crippen LogP contribution in [0.1, 0.15) is 56.8 Å². The van der Waals surface area contributed by atoms with Crippen molar-refractivity contribution in [1.29, 1.82) is 0 Å². The van der Waals surface area contributed by atoms with Crippen LogP contribution in [0.5, 0.6) is 0 Å². The molecule has 1 aliphatic carbocycles. The van der Waals surface area contributed by atoms with Crippen LogP contribution in [0.25, 0.3) is 0 Å². The Bertz CT molecular complexity index is 700. The molecule has 1 aliphatic rings. The van der Waals surface area contributed by atoms with Gasteiger partial charge in [0.15, 0.2) is 5.16 Å². The van der Waals surface area contributed by atoms with Crippen molar-refractivity contribution >= 4 is 17.7 Å². The summed E-state index contributed by atoms with van der Waals surface area (Å²) in [4.78, 5) is 21.0. The first-order chi connectivity index (χ1) is 11.9. The molecule has 3 rings (SSSR count). The lowest BCUT2D eigenvalue weighted by molar-refractivity contribution is 0.0928. The van der Waals surface area contributed by atoms with Crippen LogP contribution in [0.2, 0.25) is 0 Å². The minimum atomic E-state index is -0.00662. The number of nitrogens with zero attached hydrogens (tertiary/aromatic N) is 3. The van der Waals surface area contributed by atoms with Crippen molar-refractivity contribution in [2.75, 3.05) is 0 Å². The molecule has 6 heteroatoms. The second-order valence-corrected chi connectivity index (χ2v) is 8.84. The van der Waals surface area contributed by atoms with E-state index in [1.807, 2.05) is 24.5 Å². The fourth-order valence-corrected chi connectivity index (χ4v) is 4.09. The van der Waals surface area contributed by atoms with Crippen LogP contribution in [-0.2, 0) is 5.54 Å². The summed E-state index contributed by atoms with van der Waals surface area (Å²) >= 11 is 1.75. The highest BCUT2D eigenvalue weighted by Crippen LogP contribution is 2.31. The monoisotopic (exact) mass is 358 g/mol. The summed E-state index contributed by atoms with van der Waals surface area (Å²) < 4.78 is 2.08. The summed E-state index contributed by atoms with van der Waals surface area (Å²) in [5.41, 5.74) is 0.733. The maximum Gasteiger partial charge on any atom is 0.253 e. The number of hydrogen-bond donors (Lipinski definition) is 1. The normalized spacial score (nSPS) is 21.1. The molecular formula is C19H26N4OS. The SMILES string of the molecule is CC(C)(C)n1ccc(C(=O)NC2CCC(Sc3ncccn3)CC2)c1. The largest absolute Gasteiger partial charge is 0.349 e. The van der Waals surface area contributed by atoms with Crippen molar-refractivity contribution in [3.63, 3.8) is 0 Å². The average Bonchev–Trinajstić information content (AvgIpc) is 3.08. The first-order valence-electron chi connectivity index (χ1n) is 8.85. The highest BCUT2D eigenvalue weighted by molar-refractivity contribution is 7.99. The quantitative estimate of drug-likeness (QED) is 0.843. The summed E-state index contributed by atoms with van der Waals surface area (Å²) in [7, 11) is 0. The third-order valence-corrected chi connectivity index (χ3v) is 5.78. The lowest BCUT2D eigenvalue weighted by Crippen LogP contribution is -2.38. The van der Waals surface area contributed by atoms with Gasteiger partial charge >= 0.3 is 0 Å². The molecule has 2 heterocycles. The van der Waals surface area contributed by atoms with Crippen LogP contribution in [-0.4, -0.2) is 31.7 Å².